The number of benzene rings is 6. The van der Waals surface area contributed by atoms with Crippen LogP contribution >= 0.6 is 23.2 Å². The van der Waals surface area contributed by atoms with Crippen LogP contribution in [0.4, 0.5) is 29.2 Å². The second kappa shape index (κ2) is 25.4. The van der Waals surface area contributed by atoms with Gasteiger partial charge in [0.05, 0.1) is 60.3 Å². The first kappa shape index (κ1) is 57.4. The van der Waals surface area contributed by atoms with Crippen LogP contribution in [0.25, 0.3) is 21.8 Å². The molecule has 2 amide bonds. The van der Waals surface area contributed by atoms with E-state index in [1.54, 1.807) is 58.8 Å². The van der Waals surface area contributed by atoms with Crippen LogP contribution in [0.2, 0.25) is 10.0 Å². The molecule has 0 unspecified atom stereocenters. The van der Waals surface area contributed by atoms with Crippen LogP contribution in [-0.4, -0.2) is 100 Å². The molecule has 0 spiro atoms. The van der Waals surface area contributed by atoms with E-state index in [9.17, 15) is 9.59 Å². The maximum Gasteiger partial charge on any atom is 0.227 e. The van der Waals surface area contributed by atoms with Crippen LogP contribution in [0.3, 0.4) is 0 Å². The molecule has 81 heavy (non-hydrogen) atoms. The zero-order valence-electron chi connectivity index (χ0n) is 46.6. The molecule has 2 aliphatic heterocycles. The van der Waals surface area contributed by atoms with Crippen LogP contribution in [-0.2, 0) is 35.5 Å². The molecule has 0 aliphatic carbocycles. The number of nitrogen functional groups attached to an aromatic ring is 2. The molecule has 17 nitrogen and oxygen atoms in total. The number of piperidine rings is 2. The van der Waals surface area contributed by atoms with E-state index in [0.717, 1.165) is 27.9 Å². The highest BCUT2D eigenvalue weighted by molar-refractivity contribution is 6.42. The highest BCUT2D eigenvalue weighted by Crippen LogP contribution is 2.41. The normalized spacial score (nSPS) is 14.6. The summed E-state index contributed by atoms with van der Waals surface area (Å²) in [7, 11) is 10.4. The molecule has 0 radical (unpaired) electrons. The Bertz CT molecular complexity index is 3490. The van der Waals surface area contributed by atoms with E-state index >= 15 is 0 Å². The Hall–Kier alpha value is -8.28. The van der Waals surface area contributed by atoms with Gasteiger partial charge in [0.25, 0.3) is 0 Å². The molecule has 0 bridgehead atoms. The van der Waals surface area contributed by atoms with Gasteiger partial charge in [0.1, 0.15) is 11.6 Å². The zero-order chi connectivity index (χ0) is 57.3. The Balaban J connectivity index is 0.000000196. The van der Waals surface area contributed by atoms with E-state index in [4.69, 9.17) is 63.6 Å². The van der Waals surface area contributed by atoms with Crippen molar-refractivity contribution in [2.75, 3.05) is 94.9 Å². The minimum absolute atomic E-state index is 0.0119. The number of nitrogens with zero attached hydrogens (tertiary/aromatic N) is 7. The van der Waals surface area contributed by atoms with Crippen molar-refractivity contribution < 1.29 is 28.5 Å². The lowest BCUT2D eigenvalue weighted by atomic mass is 9.73. The first-order valence-electron chi connectivity index (χ1n) is 26.9. The summed E-state index contributed by atoms with van der Waals surface area (Å²) in [6, 6.07) is 41.2. The number of carbonyl (C=O) groups excluding carboxylic acids is 2. The first-order chi connectivity index (χ1) is 39.1. The van der Waals surface area contributed by atoms with Crippen molar-refractivity contribution in [3.05, 3.63) is 160 Å². The van der Waals surface area contributed by atoms with E-state index in [-0.39, 0.29) is 11.8 Å². The summed E-state index contributed by atoms with van der Waals surface area (Å²) in [6.07, 6.45) is 3.89. The molecule has 4 heterocycles. The number of rotatable bonds is 17. The molecule has 0 atom stereocenters. The first-order valence-corrected chi connectivity index (χ1v) is 27.6. The van der Waals surface area contributed by atoms with Gasteiger partial charge in [0.2, 0.25) is 23.7 Å². The van der Waals surface area contributed by atoms with Gasteiger partial charge in [0.15, 0.2) is 23.0 Å². The molecular formula is C62H69Cl2N11O6. The average molecular weight is 1140 g/mol. The predicted octanol–water partition coefficient (Wildman–Crippen LogP) is 10.1. The van der Waals surface area contributed by atoms with Crippen LogP contribution in [0.15, 0.2) is 127 Å². The van der Waals surface area contributed by atoms with Crippen molar-refractivity contribution >= 4 is 86.0 Å². The van der Waals surface area contributed by atoms with Gasteiger partial charge in [-0.25, -0.2) is 9.97 Å². The fraction of sp³-hybridized carbons (Fsp3) is 0.323. The quantitative estimate of drug-likeness (QED) is 0.0669. The van der Waals surface area contributed by atoms with E-state index in [0.29, 0.717) is 156 Å². The third-order valence-corrected chi connectivity index (χ3v) is 16.3. The summed E-state index contributed by atoms with van der Waals surface area (Å²) >= 11 is 12.2. The zero-order valence-corrected chi connectivity index (χ0v) is 48.1. The van der Waals surface area contributed by atoms with E-state index < -0.39 is 10.8 Å². The summed E-state index contributed by atoms with van der Waals surface area (Å²) < 4.78 is 21.7. The van der Waals surface area contributed by atoms with Crippen LogP contribution in [0.5, 0.6) is 23.0 Å². The van der Waals surface area contributed by atoms with Crippen molar-refractivity contribution in [2.24, 2.45) is 10.8 Å². The molecule has 2 saturated heterocycles. The van der Waals surface area contributed by atoms with Crippen LogP contribution in [0, 0.1) is 10.8 Å². The lowest BCUT2D eigenvalue weighted by Crippen LogP contribution is -2.50. The third kappa shape index (κ3) is 13.2. The van der Waals surface area contributed by atoms with Crippen molar-refractivity contribution in [2.45, 2.75) is 51.6 Å². The highest BCUT2D eigenvalue weighted by atomic mass is 35.5. The lowest BCUT2D eigenvalue weighted by molar-refractivity contribution is -0.133. The standard InChI is InChI=1S/C32H38N6O3.C30H31Cl2N5O3/c1-37(2)24-12-10-23(11-13-24)21-34-30(39)32(20-22-8-6-5-7-9-22)14-16-38(17-15-32)31-35-26-19-28(41-4)27(40-3)18-25(26)29(33)36-31;1-39-25-15-21-24(16-26(25)40-2)35-29(36-27(21)33)37-12-10-30(11-13-37,17-19-6-4-3-5-7-19)28(38)34-18-20-8-9-22(31)23(32)14-20/h5-13,18-19H,14-17,20-21H2,1-4H3,(H,34,39)(H2,33,35,36);3-9,14-16H,10-13,17-18H2,1-2H3,(H,34,38)(H2,33,35,36). The Morgan fingerprint density at radius 2 is 0.914 bits per heavy atom. The van der Waals surface area contributed by atoms with Gasteiger partial charge < -0.3 is 55.7 Å². The largest absolute Gasteiger partial charge is 0.493 e. The summed E-state index contributed by atoms with van der Waals surface area (Å²) in [6.45, 7) is 3.33. The number of hydrogen-bond donors (Lipinski definition) is 4. The maximum atomic E-state index is 13.9. The van der Waals surface area contributed by atoms with Gasteiger partial charge in [-0.15, -0.1) is 0 Å². The average Bonchev–Trinajstić information content (AvgIpc) is 3.62. The van der Waals surface area contributed by atoms with E-state index in [1.807, 2.05) is 62.6 Å². The van der Waals surface area contributed by atoms with Crippen molar-refractivity contribution in [1.82, 2.24) is 30.6 Å². The number of methoxy groups -OCH3 is 4. The van der Waals surface area contributed by atoms with Crippen molar-refractivity contribution in [1.29, 1.82) is 0 Å². The molecule has 10 rings (SSSR count). The van der Waals surface area contributed by atoms with E-state index in [1.165, 1.54) is 0 Å². The monoisotopic (exact) mass is 1130 g/mol. The minimum atomic E-state index is -0.590. The predicted molar refractivity (Wildman–Crippen MR) is 323 cm³/mol. The molecule has 0 saturated carbocycles. The number of hydrogen-bond acceptors (Lipinski definition) is 15. The Morgan fingerprint density at radius 1 is 0.519 bits per heavy atom. The van der Waals surface area contributed by atoms with E-state index in [2.05, 4.69) is 83.8 Å². The van der Waals surface area contributed by atoms with Gasteiger partial charge >= 0.3 is 0 Å². The smallest absolute Gasteiger partial charge is 0.227 e. The van der Waals surface area contributed by atoms with Crippen LogP contribution in [0.1, 0.15) is 47.9 Å². The highest BCUT2D eigenvalue weighted by Gasteiger charge is 2.43. The third-order valence-electron chi connectivity index (χ3n) is 15.5. The summed E-state index contributed by atoms with van der Waals surface area (Å²) in [5.41, 5.74) is 18.3. The number of ether oxygens (including phenoxy) is 4. The fourth-order valence-electron chi connectivity index (χ4n) is 10.7. The number of aromatic nitrogens is 4. The number of amides is 2. The van der Waals surface area contributed by atoms with Crippen molar-refractivity contribution in [3.63, 3.8) is 0 Å². The second-order valence-electron chi connectivity index (χ2n) is 20.8. The van der Waals surface area contributed by atoms with Crippen molar-refractivity contribution in [3.8, 4) is 23.0 Å². The lowest BCUT2D eigenvalue weighted by Gasteiger charge is -2.41. The molecule has 8 aromatic rings. The number of fused-ring (bicyclic) bond motifs is 2. The molecule has 2 fully saturated rings. The number of halogens is 2. The van der Waals surface area contributed by atoms with Gasteiger partial charge in [-0.05, 0) is 97.2 Å². The Labute approximate surface area is 482 Å². The molecule has 6 aromatic carbocycles. The summed E-state index contributed by atoms with van der Waals surface area (Å²) in [5, 5.41) is 8.74. The molecule has 422 valence electrons. The molecule has 2 aromatic heterocycles. The second-order valence-corrected chi connectivity index (χ2v) is 21.6. The maximum absolute atomic E-state index is 13.9. The molecule has 2 aliphatic rings. The number of carbonyl (C=O) groups is 2. The number of nitrogens with two attached hydrogens (primary N) is 2. The molecule has 19 heteroatoms. The topological polar surface area (TPSA) is 208 Å². The minimum Gasteiger partial charge on any atom is -0.493 e. The Kier molecular flexibility index (Phi) is 18.0. The molecule has 6 N–H and O–H groups in total. The summed E-state index contributed by atoms with van der Waals surface area (Å²) in [4.78, 5) is 52.7. The summed E-state index contributed by atoms with van der Waals surface area (Å²) in [5.74, 6) is 4.20. The van der Waals surface area contributed by atoms with Gasteiger partial charge in [-0.2, -0.15) is 9.97 Å². The molecular weight excluding hydrogens is 1070 g/mol. The SMILES string of the molecule is COc1cc2nc(N3CCC(Cc4ccccc4)(C(=O)NCc4ccc(Cl)c(Cl)c4)CC3)nc(N)c2cc1OC.COc1cc2nc(N3CCC(Cc4ccccc4)(C(=O)NCc4ccc(N(C)C)cc4)CC3)nc(N)c2cc1OC. The van der Waals surface area contributed by atoms with Gasteiger partial charge in [0, 0.05) is 82.0 Å². The van der Waals surface area contributed by atoms with Gasteiger partial charge in [-0.1, -0.05) is 102 Å². The fourth-order valence-corrected chi connectivity index (χ4v) is 11.0. The van der Waals surface area contributed by atoms with Crippen LogP contribution < -0.4 is 55.7 Å². The van der Waals surface area contributed by atoms with Gasteiger partial charge in [-0.3, -0.25) is 9.59 Å². The Morgan fingerprint density at radius 3 is 1.31 bits per heavy atom. The number of nitrogens with one attached hydrogen (secondary N) is 2. The number of anilines is 5.